The Morgan fingerprint density at radius 1 is 1.53 bits per heavy atom. The van der Waals surface area contributed by atoms with Crippen LogP contribution in [0.3, 0.4) is 0 Å². The summed E-state index contributed by atoms with van der Waals surface area (Å²) in [7, 11) is -3.89. The van der Waals surface area contributed by atoms with E-state index in [0.29, 0.717) is 19.4 Å². The molecular formula is C11H12ClFN2O2S2. The van der Waals surface area contributed by atoms with Gasteiger partial charge >= 0.3 is 0 Å². The summed E-state index contributed by atoms with van der Waals surface area (Å²) >= 11 is 10.7. The molecule has 0 saturated carbocycles. The number of benzene rings is 1. The molecule has 104 valence electrons. The molecule has 2 rings (SSSR count). The van der Waals surface area contributed by atoms with Gasteiger partial charge < -0.3 is 5.73 Å². The molecule has 1 aliphatic rings. The Balaban J connectivity index is 2.48. The van der Waals surface area contributed by atoms with Gasteiger partial charge in [0.15, 0.2) is 0 Å². The number of nitrogens with zero attached hydrogens (tertiary/aromatic N) is 1. The number of rotatable bonds is 3. The van der Waals surface area contributed by atoms with Crippen molar-refractivity contribution >= 4 is 38.8 Å². The predicted octanol–water partition coefficient (Wildman–Crippen LogP) is 1.92. The molecule has 1 unspecified atom stereocenters. The highest BCUT2D eigenvalue weighted by atomic mass is 35.5. The number of sulfonamides is 1. The molecule has 8 heteroatoms. The Bertz CT molecular complexity index is 621. The Morgan fingerprint density at radius 2 is 2.21 bits per heavy atom. The van der Waals surface area contributed by atoms with E-state index in [1.807, 2.05) is 0 Å². The summed E-state index contributed by atoms with van der Waals surface area (Å²) in [6.07, 6.45) is 1.23. The maximum atomic E-state index is 13.2. The summed E-state index contributed by atoms with van der Waals surface area (Å²) < 4.78 is 39.4. The smallest absolute Gasteiger partial charge is 0.245 e. The molecule has 19 heavy (non-hydrogen) atoms. The van der Waals surface area contributed by atoms with Gasteiger partial charge in [-0.1, -0.05) is 23.8 Å². The number of halogens is 2. The monoisotopic (exact) mass is 322 g/mol. The van der Waals surface area contributed by atoms with Crippen molar-refractivity contribution in [3.63, 3.8) is 0 Å². The van der Waals surface area contributed by atoms with Crippen molar-refractivity contribution < 1.29 is 12.8 Å². The van der Waals surface area contributed by atoms with E-state index in [-0.39, 0.29) is 14.9 Å². The lowest BCUT2D eigenvalue weighted by Gasteiger charge is -2.23. The van der Waals surface area contributed by atoms with Crippen LogP contribution in [0.1, 0.15) is 12.8 Å². The summed E-state index contributed by atoms with van der Waals surface area (Å²) in [5.41, 5.74) is 5.55. The first kappa shape index (κ1) is 14.6. The summed E-state index contributed by atoms with van der Waals surface area (Å²) in [5, 5.41) is -0.0185. The van der Waals surface area contributed by atoms with E-state index in [2.05, 4.69) is 0 Å². The van der Waals surface area contributed by atoms with Gasteiger partial charge in [-0.25, -0.2) is 12.8 Å². The molecule has 1 fully saturated rings. The van der Waals surface area contributed by atoms with Crippen molar-refractivity contribution in [2.45, 2.75) is 23.8 Å². The van der Waals surface area contributed by atoms with E-state index in [1.54, 1.807) is 0 Å². The van der Waals surface area contributed by atoms with Gasteiger partial charge in [0.1, 0.15) is 10.7 Å². The minimum Gasteiger partial charge on any atom is -0.392 e. The van der Waals surface area contributed by atoms with Crippen LogP contribution >= 0.6 is 23.8 Å². The Morgan fingerprint density at radius 3 is 2.84 bits per heavy atom. The van der Waals surface area contributed by atoms with Crippen LogP contribution in [0.25, 0.3) is 0 Å². The lowest BCUT2D eigenvalue weighted by molar-refractivity contribution is 0.446. The van der Waals surface area contributed by atoms with Crippen molar-refractivity contribution in [3.05, 3.63) is 29.0 Å². The molecule has 4 nitrogen and oxygen atoms in total. The third kappa shape index (κ3) is 2.74. The van der Waals surface area contributed by atoms with Gasteiger partial charge in [0.2, 0.25) is 10.0 Å². The fourth-order valence-corrected chi connectivity index (χ4v) is 4.59. The summed E-state index contributed by atoms with van der Waals surface area (Å²) in [6, 6.07) is 2.71. The highest BCUT2D eigenvalue weighted by Gasteiger charge is 2.37. The van der Waals surface area contributed by atoms with Gasteiger partial charge in [-0.3, -0.25) is 0 Å². The Kier molecular flexibility index (Phi) is 4.10. The Hall–Kier alpha value is -0.760. The van der Waals surface area contributed by atoms with Crippen LogP contribution in [0, 0.1) is 5.82 Å². The number of hydrogen-bond acceptors (Lipinski definition) is 3. The van der Waals surface area contributed by atoms with Crippen molar-refractivity contribution in [1.29, 1.82) is 0 Å². The van der Waals surface area contributed by atoms with Crippen LogP contribution in [-0.2, 0) is 10.0 Å². The molecule has 0 aromatic heterocycles. The molecule has 2 N–H and O–H groups in total. The molecule has 1 atom stereocenters. The average Bonchev–Trinajstić information content (AvgIpc) is 2.82. The van der Waals surface area contributed by atoms with Crippen LogP contribution in [-0.4, -0.2) is 30.3 Å². The first-order chi connectivity index (χ1) is 8.84. The van der Waals surface area contributed by atoms with E-state index in [1.165, 1.54) is 10.4 Å². The highest BCUT2D eigenvalue weighted by Crippen LogP contribution is 2.30. The maximum Gasteiger partial charge on any atom is 0.245 e. The second-order valence-corrected chi connectivity index (χ2v) is 6.99. The first-order valence-corrected chi connectivity index (χ1v) is 7.83. The maximum absolute atomic E-state index is 13.2. The quantitative estimate of drug-likeness (QED) is 0.864. The fourth-order valence-electron chi connectivity index (χ4n) is 2.11. The minimum absolute atomic E-state index is 0.0185. The molecule has 1 heterocycles. The van der Waals surface area contributed by atoms with Gasteiger partial charge in [0.25, 0.3) is 0 Å². The van der Waals surface area contributed by atoms with Gasteiger partial charge in [0.05, 0.1) is 16.1 Å². The molecule has 0 bridgehead atoms. The normalized spacial score (nSPS) is 20.6. The topological polar surface area (TPSA) is 63.4 Å². The van der Waals surface area contributed by atoms with Gasteiger partial charge in [0, 0.05) is 6.54 Å². The van der Waals surface area contributed by atoms with Crippen molar-refractivity contribution in [2.75, 3.05) is 6.54 Å². The van der Waals surface area contributed by atoms with Crippen molar-refractivity contribution in [2.24, 2.45) is 5.73 Å². The third-order valence-electron chi connectivity index (χ3n) is 3.01. The zero-order valence-electron chi connectivity index (χ0n) is 9.84. The highest BCUT2D eigenvalue weighted by molar-refractivity contribution is 7.89. The van der Waals surface area contributed by atoms with E-state index < -0.39 is 21.9 Å². The zero-order chi connectivity index (χ0) is 14.2. The standard InChI is InChI=1S/C11H12ClFN2O2S2/c12-8-4-3-7(13)6-10(8)19(16,17)15-5-1-2-9(15)11(14)18/h3-4,6,9H,1-2,5H2,(H2,14,18). The minimum atomic E-state index is -3.89. The lowest BCUT2D eigenvalue weighted by atomic mass is 10.2. The molecule has 0 aliphatic carbocycles. The molecule has 1 aromatic rings. The molecule has 1 saturated heterocycles. The van der Waals surface area contributed by atoms with Crippen LogP contribution in [0.5, 0.6) is 0 Å². The largest absolute Gasteiger partial charge is 0.392 e. The SMILES string of the molecule is NC(=S)C1CCCN1S(=O)(=O)c1cc(F)ccc1Cl. The molecule has 0 spiro atoms. The zero-order valence-corrected chi connectivity index (χ0v) is 12.2. The van der Waals surface area contributed by atoms with Crippen LogP contribution in [0.4, 0.5) is 4.39 Å². The van der Waals surface area contributed by atoms with Crippen LogP contribution in [0.2, 0.25) is 5.02 Å². The number of nitrogens with two attached hydrogens (primary N) is 1. The van der Waals surface area contributed by atoms with E-state index >= 15 is 0 Å². The molecule has 1 aliphatic heterocycles. The van der Waals surface area contributed by atoms with E-state index in [9.17, 15) is 12.8 Å². The van der Waals surface area contributed by atoms with Crippen LogP contribution < -0.4 is 5.73 Å². The molecular weight excluding hydrogens is 311 g/mol. The predicted molar refractivity (Wildman–Crippen MR) is 75.1 cm³/mol. The molecule has 0 amide bonds. The summed E-state index contributed by atoms with van der Waals surface area (Å²) in [6.45, 7) is 0.303. The van der Waals surface area contributed by atoms with Crippen molar-refractivity contribution in [1.82, 2.24) is 4.31 Å². The van der Waals surface area contributed by atoms with Gasteiger partial charge in [-0.15, -0.1) is 0 Å². The van der Waals surface area contributed by atoms with Crippen molar-refractivity contribution in [3.8, 4) is 0 Å². The summed E-state index contributed by atoms with van der Waals surface area (Å²) in [4.78, 5) is -0.133. The Labute approximate surface area is 121 Å². The second kappa shape index (κ2) is 5.32. The molecule has 0 radical (unpaired) electrons. The average molecular weight is 323 g/mol. The van der Waals surface area contributed by atoms with Crippen LogP contribution in [0.15, 0.2) is 23.1 Å². The summed E-state index contributed by atoms with van der Waals surface area (Å²) in [5.74, 6) is -0.658. The third-order valence-corrected chi connectivity index (χ3v) is 5.67. The van der Waals surface area contributed by atoms with E-state index in [0.717, 1.165) is 12.1 Å². The fraction of sp³-hybridized carbons (Fsp3) is 0.364. The number of hydrogen-bond donors (Lipinski definition) is 1. The second-order valence-electron chi connectivity index (χ2n) is 4.25. The molecule has 1 aromatic carbocycles. The first-order valence-electron chi connectivity index (χ1n) is 5.60. The van der Waals surface area contributed by atoms with E-state index in [4.69, 9.17) is 29.6 Å². The van der Waals surface area contributed by atoms with Gasteiger partial charge in [-0.05, 0) is 31.0 Å². The van der Waals surface area contributed by atoms with Gasteiger partial charge in [-0.2, -0.15) is 4.31 Å². The number of thiocarbonyl (C=S) groups is 1. The lowest BCUT2D eigenvalue weighted by Crippen LogP contribution is -2.42.